The van der Waals surface area contributed by atoms with Gasteiger partial charge in [0.05, 0.1) is 16.9 Å². The van der Waals surface area contributed by atoms with Crippen LogP contribution in [0.5, 0.6) is 0 Å². The average molecular weight is 310 g/mol. The van der Waals surface area contributed by atoms with E-state index in [1.165, 1.54) is 11.0 Å². The van der Waals surface area contributed by atoms with Crippen LogP contribution in [0, 0.1) is 0 Å². The third-order valence-corrected chi connectivity index (χ3v) is 3.42. The molecule has 0 fully saturated rings. The first-order valence-electron chi connectivity index (χ1n) is 5.83. The first-order valence-corrected chi connectivity index (χ1v) is 6.58. The van der Waals surface area contributed by atoms with Crippen molar-refractivity contribution in [1.82, 2.24) is 10.6 Å². The van der Waals surface area contributed by atoms with Gasteiger partial charge in [-0.25, -0.2) is 0 Å². The van der Waals surface area contributed by atoms with Gasteiger partial charge in [0.2, 0.25) is 0 Å². The summed E-state index contributed by atoms with van der Waals surface area (Å²) in [5, 5.41) is 5.46. The van der Waals surface area contributed by atoms with Crippen LogP contribution in [0.25, 0.3) is 0 Å². The summed E-state index contributed by atoms with van der Waals surface area (Å²) in [6.07, 6.45) is 3.56. The van der Waals surface area contributed by atoms with Gasteiger partial charge >= 0.3 is 5.37 Å². The number of halogens is 2. The number of rotatable bonds is 0. The fourth-order valence-corrected chi connectivity index (χ4v) is 2.52. The van der Waals surface area contributed by atoms with E-state index >= 15 is 0 Å². The van der Waals surface area contributed by atoms with Crippen LogP contribution < -0.4 is 15.5 Å². The van der Waals surface area contributed by atoms with Crippen LogP contribution in [0.4, 0.5) is 10.5 Å². The molecule has 2 aliphatic rings. The lowest BCUT2D eigenvalue weighted by Crippen LogP contribution is -2.37. The van der Waals surface area contributed by atoms with Crippen LogP contribution in [-0.4, -0.2) is 17.8 Å². The van der Waals surface area contributed by atoms with E-state index in [0.29, 0.717) is 34.3 Å². The molecule has 0 saturated carbocycles. The number of anilines is 1. The average Bonchev–Trinajstić information content (AvgIpc) is 2.52. The van der Waals surface area contributed by atoms with Crippen molar-refractivity contribution in [3.8, 4) is 0 Å². The van der Waals surface area contributed by atoms with E-state index in [-0.39, 0.29) is 5.91 Å². The first-order chi connectivity index (χ1) is 9.58. The van der Waals surface area contributed by atoms with Gasteiger partial charge in [-0.3, -0.25) is 14.5 Å². The van der Waals surface area contributed by atoms with Crippen LogP contribution in [-0.2, 0) is 0 Å². The fourth-order valence-electron chi connectivity index (χ4n) is 2.18. The molecular weight excluding hydrogens is 301 g/mol. The molecule has 2 N–H and O–H groups in total. The molecule has 0 atom stereocenters. The molecule has 2 amide bonds. The van der Waals surface area contributed by atoms with Gasteiger partial charge < -0.3 is 10.6 Å². The third kappa shape index (κ3) is 2.05. The molecule has 0 bridgehead atoms. The number of carbonyl (C=O) groups excluding carboxylic acids is 2. The zero-order valence-electron chi connectivity index (χ0n) is 10.1. The van der Waals surface area contributed by atoms with E-state index in [9.17, 15) is 9.59 Å². The number of carbonyl (C=O) groups is 2. The molecule has 0 spiro atoms. The summed E-state index contributed by atoms with van der Waals surface area (Å²) in [7, 11) is 0. The lowest BCUT2D eigenvalue weighted by atomic mass is 10.1. The normalized spacial score (nSPS) is 16.9. The Labute approximate surface area is 124 Å². The summed E-state index contributed by atoms with van der Waals surface area (Å²) >= 11 is 11.6. The number of dihydropyridines is 1. The number of hydrogen-bond acceptors (Lipinski definition) is 3. The number of hydrogen-bond donors (Lipinski definition) is 2. The highest BCUT2D eigenvalue weighted by Crippen LogP contribution is 2.32. The van der Waals surface area contributed by atoms with Gasteiger partial charge in [-0.15, -0.1) is 0 Å². The van der Waals surface area contributed by atoms with Crippen molar-refractivity contribution in [3.63, 3.8) is 0 Å². The van der Waals surface area contributed by atoms with E-state index in [4.69, 9.17) is 23.2 Å². The second-order valence-corrected chi connectivity index (χ2v) is 5.01. The molecule has 5 nitrogen and oxygen atoms in total. The molecule has 2 aliphatic heterocycles. The number of nitrogens with zero attached hydrogens (tertiary/aromatic N) is 1. The molecule has 20 heavy (non-hydrogen) atoms. The predicted molar refractivity (Wildman–Crippen MR) is 76.8 cm³/mol. The Balaban J connectivity index is 2.26. The Morgan fingerprint density at radius 3 is 2.90 bits per heavy atom. The van der Waals surface area contributed by atoms with Crippen molar-refractivity contribution in [2.24, 2.45) is 0 Å². The number of nitrogens with one attached hydrogen (secondary N) is 2. The number of fused-ring (bicyclic) bond motifs is 1. The second kappa shape index (κ2) is 4.85. The molecule has 0 saturated heterocycles. The molecule has 0 aromatic heterocycles. The van der Waals surface area contributed by atoms with Gasteiger partial charge in [-0.2, -0.15) is 0 Å². The standard InChI is InChI=1S/C13H9Cl2N3O2/c14-7-3-4-8-10(6-7)18(13(15)20)11-9(17-12(8)19)2-1-5-16-11/h1-4,6,16H,5H2,(H,17,19). The highest BCUT2D eigenvalue weighted by molar-refractivity contribution is 6.66. The van der Waals surface area contributed by atoms with Gasteiger partial charge in [0, 0.05) is 11.6 Å². The quantitative estimate of drug-likeness (QED) is 0.572. The molecule has 0 unspecified atom stereocenters. The molecule has 102 valence electrons. The van der Waals surface area contributed by atoms with Gasteiger partial charge in [-0.05, 0) is 35.9 Å². The van der Waals surface area contributed by atoms with Gasteiger partial charge in [0.25, 0.3) is 5.91 Å². The maximum absolute atomic E-state index is 12.2. The predicted octanol–water partition coefficient (Wildman–Crippen LogP) is 2.58. The summed E-state index contributed by atoms with van der Waals surface area (Å²) in [5.41, 5.74) is 1.17. The number of allylic oxidation sites excluding steroid dienone is 1. The van der Waals surface area contributed by atoms with Gasteiger partial charge in [0.15, 0.2) is 0 Å². The lowest BCUT2D eigenvalue weighted by Gasteiger charge is -2.26. The van der Waals surface area contributed by atoms with Crippen molar-refractivity contribution in [2.75, 3.05) is 11.4 Å². The SMILES string of the molecule is O=C1NC2=C(NCC=C2)N(C(=O)Cl)c2cc(Cl)ccc21. The van der Waals surface area contributed by atoms with E-state index in [0.717, 1.165) is 0 Å². The van der Waals surface area contributed by atoms with Crippen molar-refractivity contribution in [1.29, 1.82) is 0 Å². The summed E-state index contributed by atoms with van der Waals surface area (Å²) in [6.45, 7) is 0.533. The minimum Gasteiger partial charge on any atom is -0.366 e. The van der Waals surface area contributed by atoms with Gasteiger partial charge in [-0.1, -0.05) is 17.7 Å². The molecule has 1 aromatic rings. The monoisotopic (exact) mass is 309 g/mol. The fraction of sp³-hybridized carbons (Fsp3) is 0.0769. The van der Waals surface area contributed by atoms with Crippen LogP contribution in [0.15, 0.2) is 41.9 Å². The molecule has 0 radical (unpaired) electrons. The smallest absolute Gasteiger partial charge is 0.326 e. The van der Waals surface area contributed by atoms with Crippen molar-refractivity contribution >= 4 is 40.2 Å². The maximum atomic E-state index is 12.2. The zero-order valence-corrected chi connectivity index (χ0v) is 11.6. The Morgan fingerprint density at radius 2 is 2.15 bits per heavy atom. The third-order valence-electron chi connectivity index (χ3n) is 3.02. The van der Waals surface area contributed by atoms with Gasteiger partial charge in [0.1, 0.15) is 5.82 Å². The summed E-state index contributed by atoms with van der Waals surface area (Å²) in [6, 6.07) is 4.68. The van der Waals surface area contributed by atoms with Crippen molar-refractivity contribution in [2.45, 2.75) is 0 Å². The zero-order chi connectivity index (χ0) is 14.3. The minimum absolute atomic E-state index is 0.321. The maximum Gasteiger partial charge on any atom is 0.326 e. The largest absolute Gasteiger partial charge is 0.366 e. The second-order valence-electron chi connectivity index (χ2n) is 4.25. The highest BCUT2D eigenvalue weighted by atomic mass is 35.5. The molecule has 3 rings (SSSR count). The summed E-state index contributed by atoms with van der Waals surface area (Å²) in [4.78, 5) is 25.2. The Bertz CT molecular complexity index is 682. The topological polar surface area (TPSA) is 61.4 Å². The van der Waals surface area contributed by atoms with E-state index in [2.05, 4.69) is 10.6 Å². The molecular formula is C13H9Cl2N3O2. The Kier molecular flexibility index (Phi) is 3.16. The van der Waals surface area contributed by atoms with E-state index < -0.39 is 5.37 Å². The highest BCUT2D eigenvalue weighted by Gasteiger charge is 2.30. The Morgan fingerprint density at radius 1 is 1.35 bits per heavy atom. The van der Waals surface area contributed by atoms with Crippen LogP contribution >= 0.6 is 23.2 Å². The lowest BCUT2D eigenvalue weighted by molar-refractivity contribution is 0.0968. The molecule has 1 aromatic carbocycles. The summed E-state index contributed by atoms with van der Waals surface area (Å²) in [5.74, 6) is 0.111. The first kappa shape index (κ1) is 13.0. The molecule has 7 heteroatoms. The Hall–Kier alpha value is -1.98. The number of amides is 2. The van der Waals surface area contributed by atoms with Crippen LogP contribution in [0.3, 0.4) is 0 Å². The minimum atomic E-state index is -0.722. The van der Waals surface area contributed by atoms with E-state index in [1.54, 1.807) is 18.2 Å². The summed E-state index contributed by atoms with van der Waals surface area (Å²) < 4.78 is 0. The molecule has 2 heterocycles. The van der Waals surface area contributed by atoms with Crippen molar-refractivity contribution in [3.05, 3.63) is 52.5 Å². The number of benzene rings is 1. The van der Waals surface area contributed by atoms with E-state index in [1.807, 2.05) is 6.08 Å². The molecule has 0 aliphatic carbocycles. The van der Waals surface area contributed by atoms with Crippen LogP contribution in [0.1, 0.15) is 10.4 Å². The van der Waals surface area contributed by atoms with Crippen molar-refractivity contribution < 1.29 is 9.59 Å². The van der Waals surface area contributed by atoms with Crippen LogP contribution in [0.2, 0.25) is 5.02 Å².